The lowest BCUT2D eigenvalue weighted by atomic mass is 10.1. The number of nitrogens with zero attached hydrogens (tertiary/aromatic N) is 2. The van der Waals surface area contributed by atoms with Gasteiger partial charge < -0.3 is 20.6 Å². The summed E-state index contributed by atoms with van der Waals surface area (Å²) in [5, 5.41) is 11.8. The third-order valence-corrected chi connectivity index (χ3v) is 3.42. The first kappa shape index (κ1) is 15.2. The van der Waals surface area contributed by atoms with Gasteiger partial charge in [0.1, 0.15) is 5.75 Å². The molecule has 1 fully saturated rings. The highest BCUT2D eigenvalue weighted by atomic mass is 16.5. The monoisotopic (exact) mass is 291 g/mol. The van der Waals surface area contributed by atoms with Crippen molar-refractivity contribution in [3.8, 4) is 5.75 Å². The van der Waals surface area contributed by atoms with Crippen molar-refractivity contribution in [1.82, 2.24) is 4.90 Å². The Labute approximate surface area is 124 Å². The molecule has 0 aliphatic carbocycles. The summed E-state index contributed by atoms with van der Waals surface area (Å²) in [6, 6.07) is 6.75. The summed E-state index contributed by atoms with van der Waals surface area (Å²) in [6.45, 7) is 4.47. The fraction of sp³-hybridized carbons (Fsp3) is 0.467. The molecule has 1 aliphatic heterocycles. The molecule has 1 aromatic rings. The number of carbonyl (C=O) groups excluding carboxylic acids is 1. The number of hydrogen-bond acceptors (Lipinski definition) is 4. The molecular weight excluding hydrogens is 270 g/mol. The van der Waals surface area contributed by atoms with Crippen LogP contribution in [0.5, 0.6) is 5.75 Å². The molecule has 1 atom stereocenters. The van der Waals surface area contributed by atoms with E-state index in [2.05, 4.69) is 5.16 Å². The predicted octanol–water partition coefficient (Wildman–Crippen LogP) is 1.82. The molecule has 21 heavy (non-hydrogen) atoms. The molecule has 1 amide bonds. The number of rotatable bonds is 4. The highest BCUT2D eigenvalue weighted by molar-refractivity contribution is 5.98. The van der Waals surface area contributed by atoms with Crippen LogP contribution < -0.4 is 10.5 Å². The van der Waals surface area contributed by atoms with Crippen LogP contribution in [0.2, 0.25) is 0 Å². The van der Waals surface area contributed by atoms with Crippen molar-refractivity contribution >= 4 is 11.7 Å². The van der Waals surface area contributed by atoms with Gasteiger partial charge in [-0.2, -0.15) is 0 Å². The summed E-state index contributed by atoms with van der Waals surface area (Å²) in [6.07, 6.45) is 1.60. The van der Waals surface area contributed by atoms with Crippen LogP contribution in [0.15, 0.2) is 29.4 Å². The van der Waals surface area contributed by atoms with E-state index in [-0.39, 0.29) is 23.9 Å². The van der Waals surface area contributed by atoms with Crippen LogP contribution in [-0.4, -0.2) is 40.5 Å². The number of likely N-dealkylation sites (tertiary alicyclic amines) is 1. The Morgan fingerprint density at radius 2 is 2.29 bits per heavy atom. The largest absolute Gasteiger partial charge is 0.491 e. The van der Waals surface area contributed by atoms with Gasteiger partial charge in [-0.05, 0) is 44.9 Å². The molecule has 0 spiro atoms. The zero-order valence-electron chi connectivity index (χ0n) is 12.3. The van der Waals surface area contributed by atoms with E-state index in [9.17, 15) is 4.79 Å². The molecule has 1 aromatic carbocycles. The van der Waals surface area contributed by atoms with Crippen LogP contribution in [0.3, 0.4) is 0 Å². The first-order valence-electron chi connectivity index (χ1n) is 7.08. The van der Waals surface area contributed by atoms with Gasteiger partial charge in [0.05, 0.1) is 12.1 Å². The highest BCUT2D eigenvalue weighted by Crippen LogP contribution is 2.22. The van der Waals surface area contributed by atoms with Gasteiger partial charge in [0, 0.05) is 12.1 Å². The van der Waals surface area contributed by atoms with E-state index in [1.54, 1.807) is 23.1 Å². The van der Waals surface area contributed by atoms with Crippen LogP contribution in [0.1, 0.15) is 37.0 Å². The average molecular weight is 291 g/mol. The standard InChI is InChI=1S/C15H21N3O3/c1-10(2)21-12-6-3-5-11(9-12)15(19)18-8-4-7-13(18)14(16)17-20/h3,5-6,9-10,13,20H,4,7-8H2,1-2H3,(H2,16,17). The number of carbonyl (C=O) groups is 1. The first-order valence-corrected chi connectivity index (χ1v) is 7.08. The summed E-state index contributed by atoms with van der Waals surface area (Å²) in [5.41, 5.74) is 6.21. The van der Waals surface area contributed by atoms with Crippen molar-refractivity contribution in [3.05, 3.63) is 29.8 Å². The van der Waals surface area contributed by atoms with E-state index in [0.717, 1.165) is 6.42 Å². The second-order valence-electron chi connectivity index (χ2n) is 5.38. The van der Waals surface area contributed by atoms with Gasteiger partial charge in [-0.15, -0.1) is 0 Å². The summed E-state index contributed by atoms with van der Waals surface area (Å²) in [4.78, 5) is 14.2. The van der Waals surface area contributed by atoms with Crippen LogP contribution in [0.25, 0.3) is 0 Å². The zero-order valence-corrected chi connectivity index (χ0v) is 12.3. The van der Waals surface area contributed by atoms with Gasteiger partial charge in [0.2, 0.25) is 0 Å². The molecule has 0 bridgehead atoms. The molecule has 1 unspecified atom stereocenters. The van der Waals surface area contributed by atoms with E-state index in [0.29, 0.717) is 24.3 Å². The molecule has 3 N–H and O–H groups in total. The molecule has 6 heteroatoms. The van der Waals surface area contributed by atoms with Crippen molar-refractivity contribution < 1.29 is 14.7 Å². The number of nitrogens with two attached hydrogens (primary N) is 1. The topological polar surface area (TPSA) is 88.2 Å². The van der Waals surface area contributed by atoms with E-state index < -0.39 is 0 Å². The van der Waals surface area contributed by atoms with Crippen molar-refractivity contribution in [3.63, 3.8) is 0 Å². The molecule has 114 valence electrons. The van der Waals surface area contributed by atoms with E-state index in [1.165, 1.54) is 0 Å². The second-order valence-corrected chi connectivity index (χ2v) is 5.38. The minimum absolute atomic E-state index is 0.0482. The third-order valence-electron chi connectivity index (χ3n) is 3.42. The summed E-state index contributed by atoms with van der Waals surface area (Å²) in [7, 11) is 0. The number of amidine groups is 1. The van der Waals surface area contributed by atoms with Gasteiger partial charge >= 0.3 is 0 Å². The lowest BCUT2D eigenvalue weighted by Gasteiger charge is -2.23. The summed E-state index contributed by atoms with van der Waals surface area (Å²) in [5.74, 6) is 0.615. The lowest BCUT2D eigenvalue weighted by molar-refractivity contribution is 0.0767. The molecule has 0 radical (unpaired) electrons. The Bertz CT molecular complexity index is 543. The van der Waals surface area contributed by atoms with Crippen molar-refractivity contribution in [2.24, 2.45) is 10.9 Å². The molecule has 1 aliphatic rings. The maximum absolute atomic E-state index is 12.6. The van der Waals surface area contributed by atoms with Crippen molar-refractivity contribution in [1.29, 1.82) is 0 Å². The quantitative estimate of drug-likeness (QED) is 0.383. The Hall–Kier alpha value is -2.24. The Kier molecular flexibility index (Phi) is 4.67. The Morgan fingerprint density at radius 3 is 2.95 bits per heavy atom. The summed E-state index contributed by atoms with van der Waals surface area (Å²) < 4.78 is 5.60. The molecule has 0 saturated carbocycles. The van der Waals surface area contributed by atoms with Gasteiger partial charge in [0.15, 0.2) is 5.84 Å². The number of benzene rings is 1. The molecule has 6 nitrogen and oxygen atoms in total. The zero-order chi connectivity index (χ0) is 15.4. The minimum atomic E-state index is -0.336. The van der Waals surface area contributed by atoms with Gasteiger partial charge in [0.25, 0.3) is 5.91 Å². The number of ether oxygens (including phenoxy) is 1. The molecular formula is C15H21N3O3. The minimum Gasteiger partial charge on any atom is -0.491 e. The van der Waals surface area contributed by atoms with Gasteiger partial charge in [-0.25, -0.2) is 0 Å². The number of oxime groups is 1. The number of amides is 1. The SMILES string of the molecule is CC(C)Oc1cccc(C(=O)N2CCCC2C(N)=NO)c1. The van der Waals surface area contributed by atoms with Crippen LogP contribution >= 0.6 is 0 Å². The maximum atomic E-state index is 12.6. The number of hydrogen-bond donors (Lipinski definition) is 2. The normalized spacial score (nSPS) is 19.1. The molecule has 1 heterocycles. The van der Waals surface area contributed by atoms with E-state index in [1.807, 2.05) is 19.9 Å². The van der Waals surface area contributed by atoms with E-state index in [4.69, 9.17) is 15.7 Å². The third kappa shape index (κ3) is 3.45. The van der Waals surface area contributed by atoms with Crippen LogP contribution in [-0.2, 0) is 0 Å². The Morgan fingerprint density at radius 1 is 1.52 bits per heavy atom. The van der Waals surface area contributed by atoms with Gasteiger partial charge in [-0.1, -0.05) is 11.2 Å². The van der Waals surface area contributed by atoms with Crippen molar-refractivity contribution in [2.75, 3.05) is 6.54 Å². The van der Waals surface area contributed by atoms with Crippen molar-refractivity contribution in [2.45, 2.75) is 38.8 Å². The fourth-order valence-corrected chi connectivity index (χ4v) is 2.52. The molecule has 2 rings (SSSR count). The fourth-order valence-electron chi connectivity index (χ4n) is 2.52. The first-order chi connectivity index (χ1) is 10.0. The van der Waals surface area contributed by atoms with Crippen LogP contribution in [0.4, 0.5) is 0 Å². The second kappa shape index (κ2) is 6.47. The predicted molar refractivity (Wildman–Crippen MR) is 79.7 cm³/mol. The van der Waals surface area contributed by atoms with Gasteiger partial charge in [-0.3, -0.25) is 4.79 Å². The summed E-state index contributed by atoms with van der Waals surface area (Å²) >= 11 is 0. The molecule has 0 aromatic heterocycles. The smallest absolute Gasteiger partial charge is 0.254 e. The lowest BCUT2D eigenvalue weighted by Crippen LogP contribution is -2.43. The van der Waals surface area contributed by atoms with Crippen LogP contribution in [0, 0.1) is 0 Å². The average Bonchev–Trinajstić information content (AvgIpc) is 2.94. The Balaban J connectivity index is 2.19. The maximum Gasteiger partial charge on any atom is 0.254 e. The van der Waals surface area contributed by atoms with E-state index >= 15 is 0 Å². The molecule has 1 saturated heterocycles. The highest BCUT2D eigenvalue weighted by Gasteiger charge is 2.32.